The normalized spacial score (nSPS) is 12.5. The molecule has 0 saturated heterocycles. The molecule has 0 aliphatic rings. The Morgan fingerprint density at radius 1 is 1.05 bits per heavy atom. The Morgan fingerprint density at radius 2 is 1.75 bits per heavy atom. The fraction of sp³-hybridized carbons (Fsp3) is 0.200. The summed E-state index contributed by atoms with van der Waals surface area (Å²) >= 11 is 15.2. The van der Waals surface area contributed by atoms with E-state index >= 15 is 0 Å². The first kappa shape index (κ1) is 15.7. The lowest BCUT2D eigenvalue weighted by molar-refractivity contribution is 0.577. The van der Waals surface area contributed by atoms with Gasteiger partial charge in [0.1, 0.15) is 11.6 Å². The second kappa shape index (κ2) is 6.42. The SMILES string of the molecule is Cc1cc(F)c(C(Br)Cc2ccc(Cl)c(Cl)c2)cc1F. The van der Waals surface area contributed by atoms with Gasteiger partial charge in [0.25, 0.3) is 0 Å². The smallest absolute Gasteiger partial charge is 0.128 e. The monoisotopic (exact) mass is 378 g/mol. The zero-order chi connectivity index (χ0) is 14.9. The molecule has 0 fully saturated rings. The number of hydrogen-bond donors (Lipinski definition) is 0. The van der Waals surface area contributed by atoms with E-state index in [1.807, 2.05) is 6.07 Å². The molecule has 106 valence electrons. The average Bonchev–Trinajstić information content (AvgIpc) is 2.38. The van der Waals surface area contributed by atoms with Gasteiger partial charge in [0.05, 0.1) is 10.0 Å². The molecule has 2 rings (SSSR count). The van der Waals surface area contributed by atoms with Crippen molar-refractivity contribution < 1.29 is 8.78 Å². The molecule has 0 saturated carbocycles. The summed E-state index contributed by atoms with van der Waals surface area (Å²) in [6.45, 7) is 1.53. The van der Waals surface area contributed by atoms with Crippen molar-refractivity contribution in [2.45, 2.75) is 18.2 Å². The molecule has 0 radical (unpaired) electrons. The van der Waals surface area contributed by atoms with E-state index in [1.165, 1.54) is 19.1 Å². The summed E-state index contributed by atoms with van der Waals surface area (Å²) in [5, 5.41) is 0.911. The molecule has 0 heterocycles. The van der Waals surface area contributed by atoms with Gasteiger partial charge in [0.2, 0.25) is 0 Å². The van der Waals surface area contributed by atoms with E-state index < -0.39 is 11.6 Å². The predicted octanol–water partition coefficient (Wildman–Crippen LogP) is 6.26. The lowest BCUT2D eigenvalue weighted by Crippen LogP contribution is -2.01. The Hall–Kier alpha value is -0.640. The molecule has 2 aromatic carbocycles. The van der Waals surface area contributed by atoms with Crippen molar-refractivity contribution >= 4 is 39.1 Å². The molecule has 1 atom stereocenters. The molecule has 0 amide bonds. The van der Waals surface area contributed by atoms with Crippen LogP contribution in [0.15, 0.2) is 30.3 Å². The molecule has 0 aliphatic heterocycles. The Morgan fingerprint density at radius 3 is 2.40 bits per heavy atom. The van der Waals surface area contributed by atoms with Crippen molar-refractivity contribution in [2.75, 3.05) is 0 Å². The van der Waals surface area contributed by atoms with Gasteiger partial charge in [-0.1, -0.05) is 45.2 Å². The topological polar surface area (TPSA) is 0 Å². The minimum atomic E-state index is -0.425. The maximum atomic E-state index is 13.9. The Bertz CT molecular complexity index is 644. The summed E-state index contributed by atoms with van der Waals surface area (Å²) in [4.78, 5) is -0.338. The first-order chi connectivity index (χ1) is 9.38. The van der Waals surface area contributed by atoms with Crippen molar-refractivity contribution in [3.8, 4) is 0 Å². The molecule has 0 nitrogen and oxygen atoms in total. The highest BCUT2D eigenvalue weighted by Gasteiger charge is 2.16. The zero-order valence-electron chi connectivity index (χ0n) is 10.6. The Labute approximate surface area is 134 Å². The van der Waals surface area contributed by atoms with E-state index in [0.717, 1.165) is 5.56 Å². The number of halogens is 5. The summed E-state index contributed by atoms with van der Waals surface area (Å²) < 4.78 is 27.4. The lowest BCUT2D eigenvalue weighted by Gasteiger charge is -2.13. The molecule has 1 unspecified atom stereocenters. The van der Waals surface area contributed by atoms with Gasteiger partial charge in [-0.15, -0.1) is 0 Å². The van der Waals surface area contributed by atoms with Gasteiger partial charge in [0, 0.05) is 10.4 Å². The summed E-state index contributed by atoms with van der Waals surface area (Å²) in [6, 6.07) is 7.64. The van der Waals surface area contributed by atoms with Crippen LogP contribution in [0.2, 0.25) is 10.0 Å². The second-order valence-electron chi connectivity index (χ2n) is 4.54. The van der Waals surface area contributed by atoms with Gasteiger partial charge >= 0.3 is 0 Å². The van der Waals surface area contributed by atoms with Crippen molar-refractivity contribution in [2.24, 2.45) is 0 Å². The van der Waals surface area contributed by atoms with E-state index in [2.05, 4.69) is 15.9 Å². The second-order valence-corrected chi connectivity index (χ2v) is 6.46. The van der Waals surface area contributed by atoms with Crippen LogP contribution in [-0.4, -0.2) is 0 Å². The fourth-order valence-electron chi connectivity index (χ4n) is 1.89. The van der Waals surface area contributed by atoms with Crippen molar-refractivity contribution in [3.05, 3.63) is 68.7 Å². The molecule has 5 heteroatoms. The van der Waals surface area contributed by atoms with Gasteiger partial charge in [0.15, 0.2) is 0 Å². The molecule has 0 bridgehead atoms. The molecule has 0 aromatic heterocycles. The first-order valence-electron chi connectivity index (χ1n) is 5.92. The van der Waals surface area contributed by atoms with E-state index in [1.54, 1.807) is 12.1 Å². The van der Waals surface area contributed by atoms with Crippen LogP contribution in [0.3, 0.4) is 0 Å². The number of benzene rings is 2. The van der Waals surface area contributed by atoms with Crippen molar-refractivity contribution in [1.29, 1.82) is 0 Å². The minimum Gasteiger partial charge on any atom is -0.207 e. The van der Waals surface area contributed by atoms with Crippen LogP contribution in [-0.2, 0) is 6.42 Å². The number of hydrogen-bond acceptors (Lipinski definition) is 0. The van der Waals surface area contributed by atoms with Crippen LogP contribution in [0.1, 0.15) is 21.5 Å². The molecule has 0 aliphatic carbocycles. The maximum absolute atomic E-state index is 13.9. The largest absolute Gasteiger partial charge is 0.207 e. The van der Waals surface area contributed by atoms with E-state index in [-0.39, 0.29) is 4.83 Å². The van der Waals surface area contributed by atoms with Gasteiger partial charge in [-0.05, 0) is 48.7 Å². The van der Waals surface area contributed by atoms with Crippen LogP contribution < -0.4 is 0 Å². The first-order valence-corrected chi connectivity index (χ1v) is 7.59. The Kier molecular flexibility index (Phi) is 5.05. The third kappa shape index (κ3) is 3.51. The molecule has 0 spiro atoms. The van der Waals surface area contributed by atoms with E-state index in [0.29, 0.717) is 27.6 Å². The highest BCUT2D eigenvalue weighted by Crippen LogP contribution is 2.32. The number of aryl methyl sites for hydroxylation is 1. The summed E-state index contributed by atoms with van der Waals surface area (Å²) in [5.41, 5.74) is 1.47. The molecular weight excluding hydrogens is 369 g/mol. The predicted molar refractivity (Wildman–Crippen MR) is 82.9 cm³/mol. The van der Waals surface area contributed by atoms with Gasteiger partial charge < -0.3 is 0 Å². The molecular formula is C15H11BrCl2F2. The molecule has 0 N–H and O–H groups in total. The molecule has 20 heavy (non-hydrogen) atoms. The summed E-state index contributed by atoms with van der Waals surface area (Å²) in [6.07, 6.45) is 0.482. The lowest BCUT2D eigenvalue weighted by atomic mass is 10.0. The van der Waals surface area contributed by atoms with Crippen molar-refractivity contribution in [3.63, 3.8) is 0 Å². The van der Waals surface area contributed by atoms with E-state index in [9.17, 15) is 8.78 Å². The van der Waals surface area contributed by atoms with Crippen LogP contribution in [0.4, 0.5) is 8.78 Å². The third-order valence-electron chi connectivity index (χ3n) is 3.01. The summed E-state index contributed by atoms with van der Waals surface area (Å²) in [5.74, 6) is -0.842. The van der Waals surface area contributed by atoms with E-state index in [4.69, 9.17) is 23.2 Å². The van der Waals surface area contributed by atoms with Crippen LogP contribution in [0.5, 0.6) is 0 Å². The standard InChI is InChI=1S/C15H11BrCl2F2/c1-8-4-15(20)10(7-14(8)19)11(16)5-9-2-3-12(17)13(18)6-9/h2-4,6-7,11H,5H2,1H3. The average molecular weight is 380 g/mol. The summed E-state index contributed by atoms with van der Waals surface area (Å²) in [7, 11) is 0. The Balaban J connectivity index is 2.25. The van der Waals surface area contributed by atoms with Gasteiger partial charge in [-0.3, -0.25) is 0 Å². The van der Waals surface area contributed by atoms with Crippen LogP contribution in [0.25, 0.3) is 0 Å². The highest BCUT2D eigenvalue weighted by molar-refractivity contribution is 9.09. The fourth-order valence-corrected chi connectivity index (χ4v) is 2.93. The zero-order valence-corrected chi connectivity index (χ0v) is 13.7. The van der Waals surface area contributed by atoms with Gasteiger partial charge in [-0.2, -0.15) is 0 Å². The molecule has 2 aromatic rings. The van der Waals surface area contributed by atoms with Gasteiger partial charge in [-0.25, -0.2) is 8.78 Å². The van der Waals surface area contributed by atoms with Crippen molar-refractivity contribution in [1.82, 2.24) is 0 Å². The number of alkyl halides is 1. The third-order valence-corrected chi connectivity index (χ3v) is 4.57. The minimum absolute atomic E-state index is 0.291. The highest BCUT2D eigenvalue weighted by atomic mass is 79.9. The van der Waals surface area contributed by atoms with Crippen LogP contribution in [0, 0.1) is 18.6 Å². The number of rotatable bonds is 3. The quantitative estimate of drug-likeness (QED) is 0.552. The maximum Gasteiger partial charge on any atom is 0.128 e. The van der Waals surface area contributed by atoms with Crippen LogP contribution >= 0.6 is 39.1 Å².